The SMILES string of the molecule is C#CCn1c(=NC(=O)c2ccc(C(C)=O)cc2)sc2cc(C(C)C)ccc21. The van der Waals surface area contributed by atoms with Gasteiger partial charge in [-0.15, -0.1) is 6.42 Å². The van der Waals surface area contributed by atoms with Gasteiger partial charge < -0.3 is 4.57 Å². The van der Waals surface area contributed by atoms with E-state index in [1.165, 1.54) is 23.8 Å². The van der Waals surface area contributed by atoms with Gasteiger partial charge in [0, 0.05) is 11.1 Å². The maximum atomic E-state index is 12.6. The lowest BCUT2D eigenvalue weighted by Gasteiger charge is -2.05. The summed E-state index contributed by atoms with van der Waals surface area (Å²) in [6.45, 7) is 6.12. The van der Waals surface area contributed by atoms with Gasteiger partial charge in [0.15, 0.2) is 10.6 Å². The molecule has 4 nitrogen and oxygen atoms in total. The summed E-state index contributed by atoms with van der Waals surface area (Å²) >= 11 is 1.45. The number of carbonyl (C=O) groups is 2. The number of nitrogens with zero attached hydrogens (tertiary/aromatic N) is 2. The zero-order valence-corrected chi connectivity index (χ0v) is 16.3. The highest BCUT2D eigenvalue weighted by atomic mass is 32.1. The van der Waals surface area contributed by atoms with Gasteiger partial charge >= 0.3 is 0 Å². The minimum absolute atomic E-state index is 0.0386. The van der Waals surface area contributed by atoms with Crippen LogP contribution in [0.15, 0.2) is 47.5 Å². The number of fused-ring (bicyclic) bond motifs is 1. The van der Waals surface area contributed by atoms with Gasteiger partial charge in [0.1, 0.15) is 0 Å². The van der Waals surface area contributed by atoms with Gasteiger partial charge in [0.25, 0.3) is 5.91 Å². The molecule has 0 fully saturated rings. The predicted octanol–water partition coefficient (Wildman–Crippen LogP) is 4.40. The average molecular weight is 376 g/mol. The van der Waals surface area contributed by atoms with Crippen molar-refractivity contribution in [3.05, 3.63) is 64.0 Å². The number of aromatic nitrogens is 1. The molecule has 5 heteroatoms. The Bertz CT molecular complexity index is 1130. The van der Waals surface area contributed by atoms with Crippen molar-refractivity contribution >= 4 is 33.2 Å². The summed E-state index contributed by atoms with van der Waals surface area (Å²) in [7, 11) is 0. The molecule has 1 aromatic heterocycles. The standard InChI is InChI=1S/C22H20N2O2S/c1-5-12-24-19-11-10-18(14(2)3)13-20(19)27-22(24)23-21(26)17-8-6-16(7-9-17)15(4)25/h1,6-11,13-14H,12H2,2-4H3. The number of amides is 1. The van der Waals surface area contributed by atoms with Crippen molar-refractivity contribution < 1.29 is 9.59 Å². The zero-order valence-electron chi connectivity index (χ0n) is 15.5. The first-order chi connectivity index (χ1) is 12.9. The molecule has 3 rings (SSSR count). The molecule has 0 aliphatic rings. The van der Waals surface area contributed by atoms with Crippen molar-refractivity contribution in [1.29, 1.82) is 0 Å². The molecule has 1 amide bonds. The lowest BCUT2D eigenvalue weighted by atomic mass is 10.0. The molecule has 0 N–H and O–H groups in total. The number of hydrogen-bond donors (Lipinski definition) is 0. The van der Waals surface area contributed by atoms with Crippen LogP contribution in [0.1, 0.15) is 53.0 Å². The molecule has 0 spiro atoms. The number of ketones is 1. The molecular formula is C22H20N2O2S. The minimum Gasteiger partial charge on any atom is -0.305 e. The molecule has 0 atom stereocenters. The normalized spacial score (nSPS) is 11.7. The summed E-state index contributed by atoms with van der Waals surface area (Å²) in [5.41, 5.74) is 3.21. The quantitative estimate of drug-likeness (QED) is 0.500. The van der Waals surface area contributed by atoms with Crippen LogP contribution in [0.3, 0.4) is 0 Å². The predicted molar refractivity (Wildman–Crippen MR) is 109 cm³/mol. The van der Waals surface area contributed by atoms with Gasteiger partial charge in [0.05, 0.1) is 16.8 Å². The molecule has 27 heavy (non-hydrogen) atoms. The Morgan fingerprint density at radius 3 is 2.41 bits per heavy atom. The molecule has 0 saturated carbocycles. The summed E-state index contributed by atoms with van der Waals surface area (Å²) in [5, 5.41) is 0. The molecule has 0 saturated heterocycles. The zero-order chi connectivity index (χ0) is 19.6. The Labute approximate surface area is 162 Å². The Balaban J connectivity index is 2.08. The number of terminal acetylenes is 1. The summed E-state index contributed by atoms with van der Waals surface area (Å²) in [5.74, 6) is 2.66. The highest BCUT2D eigenvalue weighted by molar-refractivity contribution is 7.16. The van der Waals surface area contributed by atoms with Crippen molar-refractivity contribution in [2.24, 2.45) is 4.99 Å². The third kappa shape index (κ3) is 3.91. The van der Waals surface area contributed by atoms with E-state index < -0.39 is 0 Å². The minimum atomic E-state index is -0.355. The molecule has 0 bridgehead atoms. The monoisotopic (exact) mass is 376 g/mol. The van der Waals surface area contributed by atoms with E-state index in [4.69, 9.17) is 6.42 Å². The first-order valence-corrected chi connectivity index (χ1v) is 9.49. The van der Waals surface area contributed by atoms with Crippen molar-refractivity contribution in [3.8, 4) is 12.3 Å². The summed E-state index contributed by atoms with van der Waals surface area (Å²) in [6, 6.07) is 12.8. The topological polar surface area (TPSA) is 51.4 Å². The van der Waals surface area contributed by atoms with E-state index in [0.29, 0.717) is 28.4 Å². The van der Waals surface area contributed by atoms with Gasteiger partial charge in [-0.2, -0.15) is 4.99 Å². The first kappa shape index (κ1) is 18.8. The second-order valence-corrected chi connectivity index (χ2v) is 7.62. The molecule has 2 aromatic carbocycles. The van der Waals surface area contributed by atoms with Crippen LogP contribution in [-0.4, -0.2) is 16.3 Å². The Hall–Kier alpha value is -2.97. The van der Waals surface area contributed by atoms with Gasteiger partial charge in [-0.3, -0.25) is 9.59 Å². The van der Waals surface area contributed by atoms with Crippen molar-refractivity contribution in [3.63, 3.8) is 0 Å². The van der Waals surface area contributed by atoms with Gasteiger partial charge in [0.2, 0.25) is 0 Å². The maximum Gasteiger partial charge on any atom is 0.279 e. The number of hydrogen-bond acceptors (Lipinski definition) is 3. The highest BCUT2D eigenvalue weighted by Crippen LogP contribution is 2.23. The first-order valence-electron chi connectivity index (χ1n) is 8.67. The summed E-state index contributed by atoms with van der Waals surface area (Å²) in [6.07, 6.45) is 5.52. The van der Waals surface area contributed by atoms with Crippen LogP contribution in [0, 0.1) is 12.3 Å². The Kier molecular flexibility index (Phi) is 5.38. The summed E-state index contributed by atoms with van der Waals surface area (Å²) in [4.78, 5) is 28.8. The molecule has 0 radical (unpaired) electrons. The van der Waals surface area contributed by atoms with Crippen LogP contribution in [-0.2, 0) is 6.54 Å². The van der Waals surface area contributed by atoms with Crippen LogP contribution in [0.4, 0.5) is 0 Å². The second kappa shape index (κ2) is 7.73. The molecule has 0 unspecified atom stereocenters. The van der Waals surface area contributed by atoms with E-state index in [-0.39, 0.29) is 11.7 Å². The fourth-order valence-corrected chi connectivity index (χ4v) is 3.85. The molecule has 0 aliphatic heterocycles. The number of benzene rings is 2. The van der Waals surface area contributed by atoms with Crippen molar-refractivity contribution in [2.45, 2.75) is 33.2 Å². The third-order valence-corrected chi connectivity index (χ3v) is 5.40. The van der Waals surface area contributed by atoms with Crippen LogP contribution in [0.5, 0.6) is 0 Å². The third-order valence-electron chi connectivity index (χ3n) is 4.36. The Morgan fingerprint density at radius 2 is 1.81 bits per heavy atom. The number of thiazole rings is 1. The molecule has 3 aromatic rings. The number of carbonyl (C=O) groups excluding carboxylic acids is 2. The second-order valence-electron chi connectivity index (χ2n) is 6.61. The van der Waals surface area contributed by atoms with Gasteiger partial charge in [-0.1, -0.05) is 49.3 Å². The van der Waals surface area contributed by atoms with Crippen LogP contribution in [0.2, 0.25) is 0 Å². The van der Waals surface area contributed by atoms with E-state index in [2.05, 4.69) is 36.9 Å². The van der Waals surface area contributed by atoms with E-state index in [9.17, 15) is 9.59 Å². The van der Waals surface area contributed by atoms with E-state index >= 15 is 0 Å². The molecule has 1 heterocycles. The van der Waals surface area contributed by atoms with E-state index in [0.717, 1.165) is 10.2 Å². The van der Waals surface area contributed by atoms with Crippen LogP contribution < -0.4 is 4.80 Å². The van der Waals surface area contributed by atoms with Crippen molar-refractivity contribution in [1.82, 2.24) is 4.57 Å². The Morgan fingerprint density at radius 1 is 1.15 bits per heavy atom. The molecule has 0 aliphatic carbocycles. The maximum absolute atomic E-state index is 12.6. The van der Waals surface area contributed by atoms with Crippen LogP contribution in [0.25, 0.3) is 10.2 Å². The fourth-order valence-electron chi connectivity index (χ4n) is 2.78. The highest BCUT2D eigenvalue weighted by Gasteiger charge is 2.11. The van der Waals surface area contributed by atoms with E-state index in [1.807, 2.05) is 10.6 Å². The van der Waals surface area contributed by atoms with Gasteiger partial charge in [-0.25, -0.2) is 0 Å². The number of rotatable bonds is 4. The van der Waals surface area contributed by atoms with Crippen molar-refractivity contribution in [2.75, 3.05) is 0 Å². The average Bonchev–Trinajstić information content (AvgIpc) is 2.98. The van der Waals surface area contributed by atoms with Crippen LogP contribution >= 0.6 is 11.3 Å². The smallest absolute Gasteiger partial charge is 0.279 e. The molecular weight excluding hydrogens is 356 g/mol. The lowest BCUT2D eigenvalue weighted by Crippen LogP contribution is -2.16. The largest absolute Gasteiger partial charge is 0.305 e. The number of Topliss-reactive ketones (excluding diaryl/α,β-unsaturated/α-hetero) is 1. The summed E-state index contributed by atoms with van der Waals surface area (Å²) < 4.78 is 2.93. The lowest BCUT2D eigenvalue weighted by molar-refractivity contribution is 0.0991. The fraction of sp³-hybridized carbons (Fsp3) is 0.227. The van der Waals surface area contributed by atoms with Gasteiger partial charge in [-0.05, 0) is 42.7 Å². The van der Waals surface area contributed by atoms with E-state index in [1.54, 1.807) is 24.3 Å². The molecule has 136 valence electrons.